The van der Waals surface area contributed by atoms with Crippen molar-refractivity contribution >= 4 is 11.9 Å². The summed E-state index contributed by atoms with van der Waals surface area (Å²) in [6.45, 7) is 3.26. The molecule has 18 heavy (non-hydrogen) atoms. The number of carbonyl (C=O) groups excluding carboxylic acids is 2. The summed E-state index contributed by atoms with van der Waals surface area (Å²) >= 11 is 0. The van der Waals surface area contributed by atoms with E-state index < -0.39 is 23.6 Å². The number of hydrogen-bond donors (Lipinski definition) is 1. The highest BCUT2D eigenvalue weighted by molar-refractivity contribution is 5.83. The Hall–Kier alpha value is -2.18. The van der Waals surface area contributed by atoms with Crippen LogP contribution in [0.5, 0.6) is 0 Å². The minimum Gasteiger partial charge on any atom is -0.464 e. The first-order valence-electron chi connectivity index (χ1n) is 5.52. The largest absolute Gasteiger partial charge is 0.464 e. The number of rotatable bonds is 5. The molecule has 0 radical (unpaired) electrons. The van der Waals surface area contributed by atoms with Gasteiger partial charge in [0, 0.05) is 12.4 Å². The molecule has 0 aliphatic heterocycles. The summed E-state index contributed by atoms with van der Waals surface area (Å²) in [5, 5.41) is 2.44. The summed E-state index contributed by atoms with van der Waals surface area (Å²) in [4.78, 5) is 37.6. The SMILES string of the molecule is CCOC(=O)C(C)NC(=O)Cn1cccnc1=O. The van der Waals surface area contributed by atoms with Crippen molar-refractivity contribution in [2.45, 2.75) is 26.4 Å². The normalized spacial score (nSPS) is 11.7. The molecular formula is C11H15N3O4. The fourth-order valence-corrected chi connectivity index (χ4v) is 1.28. The van der Waals surface area contributed by atoms with Crippen LogP contribution in [0.25, 0.3) is 0 Å². The van der Waals surface area contributed by atoms with Crippen LogP contribution in [0.1, 0.15) is 13.8 Å². The van der Waals surface area contributed by atoms with Crippen LogP contribution in [0, 0.1) is 0 Å². The Morgan fingerprint density at radius 3 is 2.89 bits per heavy atom. The highest BCUT2D eigenvalue weighted by atomic mass is 16.5. The Labute approximate surface area is 104 Å². The van der Waals surface area contributed by atoms with Gasteiger partial charge in [-0.05, 0) is 19.9 Å². The number of nitrogens with one attached hydrogen (secondary N) is 1. The molecule has 1 unspecified atom stereocenters. The number of hydrogen-bond acceptors (Lipinski definition) is 5. The molecule has 1 atom stereocenters. The van der Waals surface area contributed by atoms with Crippen molar-refractivity contribution in [1.29, 1.82) is 0 Å². The summed E-state index contributed by atoms with van der Waals surface area (Å²) in [5.41, 5.74) is -0.517. The molecule has 98 valence electrons. The molecule has 0 aliphatic rings. The quantitative estimate of drug-likeness (QED) is 0.701. The average Bonchev–Trinajstić information content (AvgIpc) is 2.32. The van der Waals surface area contributed by atoms with Gasteiger partial charge in [0.15, 0.2) is 0 Å². The van der Waals surface area contributed by atoms with Gasteiger partial charge in [-0.3, -0.25) is 9.36 Å². The van der Waals surface area contributed by atoms with Gasteiger partial charge < -0.3 is 10.1 Å². The highest BCUT2D eigenvalue weighted by Crippen LogP contribution is 1.89. The van der Waals surface area contributed by atoms with E-state index in [0.717, 1.165) is 4.57 Å². The van der Waals surface area contributed by atoms with Crippen molar-refractivity contribution in [3.8, 4) is 0 Å². The van der Waals surface area contributed by atoms with Crippen LogP contribution in [-0.4, -0.2) is 34.1 Å². The van der Waals surface area contributed by atoms with Crippen LogP contribution in [0.15, 0.2) is 23.3 Å². The van der Waals surface area contributed by atoms with E-state index in [4.69, 9.17) is 4.74 Å². The van der Waals surface area contributed by atoms with Crippen molar-refractivity contribution in [3.63, 3.8) is 0 Å². The van der Waals surface area contributed by atoms with E-state index in [-0.39, 0.29) is 13.2 Å². The van der Waals surface area contributed by atoms with E-state index in [1.807, 2.05) is 0 Å². The second-order valence-corrected chi connectivity index (χ2v) is 3.57. The van der Waals surface area contributed by atoms with E-state index in [2.05, 4.69) is 10.3 Å². The molecule has 0 aromatic carbocycles. The monoisotopic (exact) mass is 253 g/mol. The van der Waals surface area contributed by atoms with E-state index in [0.29, 0.717) is 0 Å². The summed E-state index contributed by atoms with van der Waals surface area (Å²) in [6.07, 6.45) is 2.79. The van der Waals surface area contributed by atoms with E-state index in [9.17, 15) is 14.4 Å². The summed E-state index contributed by atoms with van der Waals surface area (Å²) in [7, 11) is 0. The molecule has 0 aliphatic carbocycles. The third kappa shape index (κ3) is 4.00. The van der Waals surface area contributed by atoms with Crippen LogP contribution in [-0.2, 0) is 20.9 Å². The molecule has 7 nitrogen and oxygen atoms in total. The first-order chi connectivity index (χ1) is 8.54. The minimum absolute atomic E-state index is 0.184. The van der Waals surface area contributed by atoms with Crippen LogP contribution >= 0.6 is 0 Å². The molecule has 0 bridgehead atoms. The van der Waals surface area contributed by atoms with Crippen molar-refractivity contribution in [2.24, 2.45) is 0 Å². The predicted octanol–water partition coefficient (Wildman–Crippen LogP) is -0.689. The van der Waals surface area contributed by atoms with Crippen LogP contribution in [0.2, 0.25) is 0 Å². The fraction of sp³-hybridized carbons (Fsp3) is 0.455. The molecule has 1 rings (SSSR count). The van der Waals surface area contributed by atoms with Crippen molar-refractivity contribution < 1.29 is 14.3 Å². The number of amides is 1. The summed E-state index contributed by atoms with van der Waals surface area (Å²) in [5.74, 6) is -0.963. The van der Waals surface area contributed by atoms with E-state index in [1.165, 1.54) is 19.3 Å². The fourth-order valence-electron chi connectivity index (χ4n) is 1.28. The molecular weight excluding hydrogens is 238 g/mol. The van der Waals surface area contributed by atoms with Gasteiger partial charge >= 0.3 is 11.7 Å². The van der Waals surface area contributed by atoms with Crippen molar-refractivity contribution in [1.82, 2.24) is 14.9 Å². The smallest absolute Gasteiger partial charge is 0.347 e. The lowest BCUT2D eigenvalue weighted by Crippen LogP contribution is -2.42. The number of nitrogens with zero attached hydrogens (tertiary/aromatic N) is 2. The Bertz CT molecular complexity index is 483. The highest BCUT2D eigenvalue weighted by Gasteiger charge is 2.16. The number of carbonyl (C=O) groups is 2. The maximum absolute atomic E-state index is 11.6. The predicted molar refractivity (Wildman–Crippen MR) is 62.7 cm³/mol. The Balaban J connectivity index is 2.55. The van der Waals surface area contributed by atoms with E-state index >= 15 is 0 Å². The first kappa shape index (κ1) is 13.9. The second-order valence-electron chi connectivity index (χ2n) is 3.57. The molecule has 0 saturated carbocycles. The second kappa shape index (κ2) is 6.53. The number of aromatic nitrogens is 2. The van der Waals surface area contributed by atoms with E-state index in [1.54, 1.807) is 13.0 Å². The third-order valence-electron chi connectivity index (χ3n) is 2.11. The molecule has 0 saturated heterocycles. The van der Waals surface area contributed by atoms with Gasteiger partial charge in [-0.2, -0.15) is 0 Å². The minimum atomic E-state index is -0.746. The molecule has 1 heterocycles. The van der Waals surface area contributed by atoms with Gasteiger partial charge in [0.1, 0.15) is 12.6 Å². The lowest BCUT2D eigenvalue weighted by Gasteiger charge is -2.12. The first-order valence-corrected chi connectivity index (χ1v) is 5.52. The lowest BCUT2D eigenvalue weighted by atomic mass is 10.3. The zero-order valence-corrected chi connectivity index (χ0v) is 10.3. The molecule has 1 aromatic heterocycles. The van der Waals surface area contributed by atoms with Crippen molar-refractivity contribution in [2.75, 3.05) is 6.61 Å². The summed E-state index contributed by atoms with van der Waals surface area (Å²) in [6, 6.07) is 0.800. The number of esters is 1. The maximum Gasteiger partial charge on any atom is 0.347 e. The van der Waals surface area contributed by atoms with Gasteiger partial charge in [-0.15, -0.1) is 0 Å². The van der Waals surface area contributed by atoms with Crippen LogP contribution in [0.3, 0.4) is 0 Å². The molecule has 1 aromatic rings. The standard InChI is InChI=1S/C11H15N3O4/c1-3-18-10(16)8(2)13-9(15)7-14-6-4-5-12-11(14)17/h4-6,8H,3,7H2,1-2H3,(H,13,15). The van der Waals surface area contributed by atoms with Gasteiger partial charge in [-0.25, -0.2) is 14.6 Å². The average molecular weight is 253 g/mol. The number of ether oxygens (including phenoxy) is 1. The molecule has 0 spiro atoms. The molecule has 1 N–H and O–H groups in total. The zero-order chi connectivity index (χ0) is 13.5. The topological polar surface area (TPSA) is 90.3 Å². The van der Waals surface area contributed by atoms with Crippen LogP contribution in [0.4, 0.5) is 0 Å². The Morgan fingerprint density at radius 1 is 1.56 bits per heavy atom. The van der Waals surface area contributed by atoms with Gasteiger partial charge in [0.2, 0.25) is 5.91 Å². The Kier molecular flexibility index (Phi) is 5.04. The van der Waals surface area contributed by atoms with Gasteiger partial charge in [0.05, 0.1) is 6.61 Å². The summed E-state index contributed by atoms with van der Waals surface area (Å²) < 4.78 is 5.89. The van der Waals surface area contributed by atoms with Gasteiger partial charge in [-0.1, -0.05) is 0 Å². The Morgan fingerprint density at radius 2 is 2.28 bits per heavy atom. The molecule has 7 heteroatoms. The zero-order valence-electron chi connectivity index (χ0n) is 10.3. The maximum atomic E-state index is 11.6. The van der Waals surface area contributed by atoms with Crippen molar-refractivity contribution in [3.05, 3.63) is 28.9 Å². The molecule has 1 amide bonds. The lowest BCUT2D eigenvalue weighted by molar-refractivity contribution is -0.146. The van der Waals surface area contributed by atoms with Gasteiger partial charge in [0.25, 0.3) is 0 Å². The molecule has 0 fully saturated rings. The third-order valence-corrected chi connectivity index (χ3v) is 2.11. The van der Waals surface area contributed by atoms with Crippen LogP contribution < -0.4 is 11.0 Å².